The maximum Gasteiger partial charge on any atom is 0.354 e. The van der Waals surface area contributed by atoms with Gasteiger partial charge >= 0.3 is 13.6 Å². The van der Waals surface area contributed by atoms with Crippen molar-refractivity contribution in [1.82, 2.24) is 0 Å². The average Bonchev–Trinajstić information content (AvgIpc) is 2.37. The summed E-state index contributed by atoms with van der Waals surface area (Å²) in [4.78, 5) is 10.7. The topological polar surface area (TPSA) is 72.8 Å². The lowest BCUT2D eigenvalue weighted by atomic mass is 10.1. The fourth-order valence-electron chi connectivity index (χ4n) is 1.40. The predicted octanol–water partition coefficient (Wildman–Crippen LogP) is 3.62. The maximum absolute atomic E-state index is 12.1. The molecule has 1 aromatic carbocycles. The number of aromatic carboxylic acids is 1. The average molecular weight is 284 g/mol. The van der Waals surface area contributed by atoms with Gasteiger partial charge in [-0.15, -0.1) is 0 Å². The summed E-state index contributed by atoms with van der Waals surface area (Å²) in [6.45, 7) is 4.06. The highest BCUT2D eigenvalue weighted by Crippen LogP contribution is 2.50. The molecular weight excluding hydrogens is 267 g/mol. The van der Waals surface area contributed by atoms with E-state index in [-0.39, 0.29) is 5.56 Å². The van der Waals surface area contributed by atoms with E-state index in [1.807, 2.05) is 0 Å². The first-order valence-corrected chi connectivity index (χ1v) is 7.53. The molecule has 0 unspecified atom stereocenters. The summed E-state index contributed by atoms with van der Waals surface area (Å²) < 4.78 is 22.3. The molecule has 19 heavy (non-hydrogen) atoms. The second kappa shape index (κ2) is 7.24. The molecule has 0 aliphatic carbocycles. The van der Waals surface area contributed by atoms with Crippen molar-refractivity contribution in [1.29, 1.82) is 0 Å². The summed E-state index contributed by atoms with van der Waals surface area (Å²) in [5.74, 6) is 0.403. The summed E-state index contributed by atoms with van der Waals surface area (Å²) >= 11 is 0. The number of hydrogen-bond donors (Lipinski definition) is 1. The third-order valence-corrected chi connectivity index (χ3v) is 3.98. The van der Waals surface area contributed by atoms with Gasteiger partial charge in [0.15, 0.2) is 0 Å². The number of carboxylic acids is 1. The van der Waals surface area contributed by atoms with E-state index in [0.717, 1.165) is 5.56 Å². The van der Waals surface area contributed by atoms with Gasteiger partial charge in [-0.3, -0.25) is 4.57 Å². The highest BCUT2D eigenvalue weighted by molar-refractivity contribution is 7.57. The Morgan fingerprint density at radius 2 is 1.74 bits per heavy atom. The number of carbonyl (C=O) groups is 1. The van der Waals surface area contributed by atoms with E-state index >= 15 is 0 Å². The summed E-state index contributed by atoms with van der Waals surface area (Å²) in [6.07, 6.45) is 1.59. The number of hydrogen-bond acceptors (Lipinski definition) is 4. The van der Waals surface area contributed by atoms with E-state index in [1.165, 1.54) is 17.9 Å². The molecule has 0 radical (unpaired) electrons. The van der Waals surface area contributed by atoms with E-state index in [2.05, 4.69) is 0 Å². The van der Waals surface area contributed by atoms with Crippen molar-refractivity contribution in [2.75, 3.05) is 13.2 Å². The number of rotatable bonds is 7. The number of carboxylic acid groups (broad SMARTS) is 1. The van der Waals surface area contributed by atoms with Crippen molar-refractivity contribution in [2.24, 2.45) is 0 Å². The Labute approximate surface area is 112 Å². The van der Waals surface area contributed by atoms with Crippen LogP contribution < -0.4 is 0 Å². The van der Waals surface area contributed by atoms with Crippen molar-refractivity contribution >= 4 is 19.6 Å². The van der Waals surface area contributed by atoms with Crippen LogP contribution in [0.25, 0.3) is 6.08 Å². The van der Waals surface area contributed by atoms with Crippen molar-refractivity contribution < 1.29 is 23.5 Å². The molecule has 6 heteroatoms. The first-order valence-electron chi connectivity index (χ1n) is 5.92. The smallest absolute Gasteiger partial charge is 0.354 e. The molecule has 5 nitrogen and oxygen atoms in total. The van der Waals surface area contributed by atoms with Gasteiger partial charge in [-0.2, -0.15) is 0 Å². The Morgan fingerprint density at radius 3 is 2.16 bits per heavy atom. The van der Waals surface area contributed by atoms with Crippen LogP contribution in [0.15, 0.2) is 30.1 Å². The largest absolute Gasteiger partial charge is 0.478 e. The molecule has 0 heterocycles. The monoisotopic (exact) mass is 284 g/mol. The van der Waals surface area contributed by atoms with Crippen LogP contribution >= 0.6 is 7.60 Å². The fourth-order valence-corrected chi connectivity index (χ4v) is 2.72. The van der Waals surface area contributed by atoms with Crippen LogP contribution in [0.4, 0.5) is 0 Å². The van der Waals surface area contributed by atoms with Gasteiger partial charge in [0.25, 0.3) is 0 Å². The van der Waals surface area contributed by atoms with Crippen LogP contribution in [0.2, 0.25) is 0 Å². The normalized spacial score (nSPS) is 11.9. The van der Waals surface area contributed by atoms with Crippen molar-refractivity contribution in [2.45, 2.75) is 13.8 Å². The number of benzene rings is 1. The van der Waals surface area contributed by atoms with Gasteiger partial charge in [0, 0.05) is 5.82 Å². The zero-order chi connectivity index (χ0) is 14.3. The molecule has 1 N–H and O–H groups in total. The molecule has 0 saturated carbocycles. The summed E-state index contributed by atoms with van der Waals surface area (Å²) in [5.41, 5.74) is 0.930. The molecule has 0 bridgehead atoms. The zero-order valence-electron chi connectivity index (χ0n) is 10.9. The summed E-state index contributed by atoms with van der Waals surface area (Å²) in [6, 6.07) is 6.22. The molecule has 0 aliphatic heterocycles. The molecule has 0 atom stereocenters. The van der Waals surface area contributed by atoms with Crippen molar-refractivity contribution in [3.63, 3.8) is 0 Å². The molecule has 0 saturated heterocycles. The second-order valence-electron chi connectivity index (χ2n) is 3.62. The van der Waals surface area contributed by atoms with Crippen LogP contribution in [0.1, 0.15) is 29.8 Å². The van der Waals surface area contributed by atoms with E-state index in [4.69, 9.17) is 14.2 Å². The van der Waals surface area contributed by atoms with E-state index in [1.54, 1.807) is 32.1 Å². The third kappa shape index (κ3) is 4.99. The Morgan fingerprint density at radius 1 is 1.21 bits per heavy atom. The first-order chi connectivity index (χ1) is 9.00. The minimum atomic E-state index is -3.21. The SMILES string of the molecule is CCOP(=O)(/C=C/c1ccc(C(=O)O)cc1)OCC. The van der Waals surface area contributed by atoms with Gasteiger partial charge in [-0.25, -0.2) is 4.79 Å². The van der Waals surface area contributed by atoms with Gasteiger partial charge in [0.1, 0.15) is 0 Å². The molecule has 0 aliphatic rings. The molecule has 0 fully saturated rings. The van der Waals surface area contributed by atoms with Crippen molar-refractivity contribution in [3.8, 4) is 0 Å². The van der Waals surface area contributed by atoms with Crippen LogP contribution in [-0.4, -0.2) is 24.3 Å². The zero-order valence-corrected chi connectivity index (χ0v) is 11.8. The Balaban J connectivity index is 2.84. The highest BCUT2D eigenvalue weighted by Gasteiger charge is 2.18. The van der Waals surface area contributed by atoms with Crippen LogP contribution in [-0.2, 0) is 13.6 Å². The quantitative estimate of drug-likeness (QED) is 0.774. The Kier molecular flexibility index (Phi) is 5.96. The van der Waals surface area contributed by atoms with Gasteiger partial charge in [0.05, 0.1) is 18.8 Å². The highest BCUT2D eigenvalue weighted by atomic mass is 31.2. The fraction of sp³-hybridized carbons (Fsp3) is 0.308. The molecular formula is C13H17O5P. The van der Waals surface area contributed by atoms with Crippen LogP contribution in [0.5, 0.6) is 0 Å². The van der Waals surface area contributed by atoms with Gasteiger partial charge in [-0.05, 0) is 37.6 Å². The molecule has 0 amide bonds. The van der Waals surface area contributed by atoms with Gasteiger partial charge in [-0.1, -0.05) is 12.1 Å². The minimum Gasteiger partial charge on any atom is -0.478 e. The van der Waals surface area contributed by atoms with Crippen LogP contribution in [0.3, 0.4) is 0 Å². The summed E-state index contributed by atoms with van der Waals surface area (Å²) in [7, 11) is -3.21. The standard InChI is InChI=1S/C13H17O5P/c1-3-17-19(16,18-4-2)10-9-11-5-7-12(8-6-11)13(14)15/h5-10H,3-4H2,1-2H3,(H,14,15)/b10-9+. The molecule has 1 aromatic rings. The molecule has 0 spiro atoms. The molecule has 1 rings (SSSR count). The van der Waals surface area contributed by atoms with E-state index in [9.17, 15) is 9.36 Å². The maximum atomic E-state index is 12.1. The lowest BCUT2D eigenvalue weighted by molar-refractivity contribution is 0.0697. The van der Waals surface area contributed by atoms with E-state index in [0.29, 0.717) is 13.2 Å². The minimum absolute atomic E-state index is 0.204. The van der Waals surface area contributed by atoms with E-state index < -0.39 is 13.6 Å². The molecule has 104 valence electrons. The summed E-state index contributed by atoms with van der Waals surface area (Å²) in [5, 5.41) is 8.77. The second-order valence-corrected chi connectivity index (χ2v) is 5.51. The first kappa shape index (κ1) is 15.6. The van der Waals surface area contributed by atoms with Crippen LogP contribution in [0, 0.1) is 0 Å². The Bertz CT molecular complexity index is 482. The lowest BCUT2D eigenvalue weighted by Crippen LogP contribution is -1.95. The lowest BCUT2D eigenvalue weighted by Gasteiger charge is -2.12. The van der Waals surface area contributed by atoms with Crippen molar-refractivity contribution in [3.05, 3.63) is 41.2 Å². The van der Waals surface area contributed by atoms with Gasteiger partial charge in [0.2, 0.25) is 0 Å². The Hall–Kier alpha value is -1.42. The predicted molar refractivity (Wildman–Crippen MR) is 73.3 cm³/mol. The van der Waals surface area contributed by atoms with Gasteiger partial charge < -0.3 is 14.2 Å². The third-order valence-electron chi connectivity index (χ3n) is 2.23. The molecule has 0 aromatic heterocycles.